The summed E-state index contributed by atoms with van der Waals surface area (Å²) in [7, 11) is 0. The zero-order valence-electron chi connectivity index (χ0n) is 12.1. The van der Waals surface area contributed by atoms with Crippen LogP contribution in [0.4, 0.5) is 14.5 Å². The second-order valence-corrected chi connectivity index (χ2v) is 5.72. The maximum absolute atomic E-state index is 13.0. The van der Waals surface area contributed by atoms with E-state index in [0.29, 0.717) is 24.9 Å². The van der Waals surface area contributed by atoms with Crippen LogP contribution in [0, 0.1) is 11.8 Å². The molecule has 0 radical (unpaired) electrons. The van der Waals surface area contributed by atoms with Crippen LogP contribution in [0.15, 0.2) is 18.2 Å². The van der Waals surface area contributed by atoms with Crippen LogP contribution in [0.2, 0.25) is 0 Å². The molecule has 1 aliphatic heterocycles. The fraction of sp³-hybridized carbons (Fsp3) is 0.467. The minimum absolute atomic E-state index is 0.100. The Hall–Kier alpha value is -2.38. The monoisotopic (exact) mass is 327 g/mol. The highest BCUT2D eigenvalue weighted by atomic mass is 19.3. The molecular weight excluding hydrogens is 312 g/mol. The number of hydrogen-bond acceptors (Lipinski definition) is 4. The van der Waals surface area contributed by atoms with E-state index in [4.69, 9.17) is 5.11 Å². The van der Waals surface area contributed by atoms with Crippen LogP contribution in [-0.4, -0.2) is 23.3 Å². The first-order valence-electron chi connectivity index (χ1n) is 7.27. The molecule has 0 spiro atoms. The fourth-order valence-corrected chi connectivity index (χ4v) is 2.92. The van der Waals surface area contributed by atoms with Crippen molar-refractivity contribution in [1.82, 2.24) is 0 Å². The van der Waals surface area contributed by atoms with Gasteiger partial charge in [0, 0.05) is 17.7 Å². The van der Waals surface area contributed by atoms with Crippen molar-refractivity contribution in [3.8, 4) is 11.5 Å². The molecular formula is C15H15F2NO5. The fourth-order valence-electron chi connectivity index (χ4n) is 2.92. The largest absolute Gasteiger partial charge is 0.586 e. The summed E-state index contributed by atoms with van der Waals surface area (Å²) in [6, 6.07) is 3.97. The van der Waals surface area contributed by atoms with Gasteiger partial charge in [0.05, 0.1) is 5.92 Å². The van der Waals surface area contributed by atoms with Crippen molar-refractivity contribution >= 4 is 17.6 Å². The predicted molar refractivity (Wildman–Crippen MR) is 74.4 cm³/mol. The minimum Gasteiger partial charge on any atom is -0.481 e. The smallest absolute Gasteiger partial charge is 0.481 e. The molecule has 23 heavy (non-hydrogen) atoms. The summed E-state index contributed by atoms with van der Waals surface area (Å²) < 4.78 is 34.5. The van der Waals surface area contributed by atoms with Gasteiger partial charge in [0.1, 0.15) is 0 Å². The molecule has 3 rings (SSSR count). The van der Waals surface area contributed by atoms with Crippen LogP contribution in [0.5, 0.6) is 11.5 Å². The van der Waals surface area contributed by atoms with E-state index in [-0.39, 0.29) is 23.8 Å². The molecule has 1 aliphatic carbocycles. The molecule has 1 aromatic rings. The molecule has 0 aromatic heterocycles. The number of aliphatic carboxylic acids is 1. The van der Waals surface area contributed by atoms with Crippen LogP contribution >= 0.6 is 0 Å². The maximum Gasteiger partial charge on any atom is 0.586 e. The Balaban J connectivity index is 1.66. The van der Waals surface area contributed by atoms with Gasteiger partial charge in [0.25, 0.3) is 0 Å². The molecule has 0 bridgehead atoms. The molecule has 1 saturated carbocycles. The van der Waals surface area contributed by atoms with Gasteiger partial charge in [-0.2, -0.15) is 0 Å². The topological polar surface area (TPSA) is 84.9 Å². The van der Waals surface area contributed by atoms with Gasteiger partial charge in [0.15, 0.2) is 11.5 Å². The highest BCUT2D eigenvalue weighted by molar-refractivity contribution is 5.93. The highest BCUT2D eigenvalue weighted by Crippen LogP contribution is 2.42. The molecule has 2 atom stereocenters. The molecule has 8 heteroatoms. The molecule has 2 aliphatic rings. The average molecular weight is 327 g/mol. The van der Waals surface area contributed by atoms with Gasteiger partial charge in [-0.25, -0.2) is 0 Å². The maximum atomic E-state index is 13.0. The number of carbonyl (C=O) groups excluding carboxylic acids is 1. The standard InChI is InChI=1S/C15H15F2NO5/c16-15(17)22-11-5-4-10(7-12(11)23-15)18-13(19)8-2-1-3-9(6-8)14(20)21/h4-5,7-9H,1-3,6H2,(H,18,19)(H,20,21). The van der Waals surface area contributed by atoms with Gasteiger partial charge in [-0.1, -0.05) is 6.42 Å². The number of carboxylic acid groups (broad SMARTS) is 1. The molecule has 1 aromatic carbocycles. The Bertz CT molecular complexity index is 649. The van der Waals surface area contributed by atoms with E-state index in [9.17, 15) is 18.4 Å². The van der Waals surface area contributed by atoms with Gasteiger partial charge >= 0.3 is 12.3 Å². The number of anilines is 1. The van der Waals surface area contributed by atoms with Gasteiger partial charge in [-0.3, -0.25) is 9.59 Å². The summed E-state index contributed by atoms with van der Waals surface area (Å²) in [5, 5.41) is 11.7. The van der Waals surface area contributed by atoms with Gasteiger partial charge in [-0.05, 0) is 31.4 Å². The SMILES string of the molecule is O=C(O)C1CCCC(C(=O)Nc2ccc3c(c2)OC(F)(F)O3)C1. The van der Waals surface area contributed by atoms with Crippen LogP contribution in [0.25, 0.3) is 0 Å². The van der Waals surface area contributed by atoms with Gasteiger partial charge in [-0.15, -0.1) is 8.78 Å². The Morgan fingerprint density at radius 1 is 1.17 bits per heavy atom. The summed E-state index contributed by atoms with van der Waals surface area (Å²) in [6.45, 7) is 0. The van der Waals surface area contributed by atoms with E-state index in [0.717, 1.165) is 0 Å². The number of fused-ring (bicyclic) bond motifs is 1. The van der Waals surface area contributed by atoms with Crippen molar-refractivity contribution in [3.05, 3.63) is 18.2 Å². The number of ether oxygens (including phenoxy) is 2. The van der Waals surface area contributed by atoms with E-state index in [1.54, 1.807) is 0 Å². The first kappa shape index (κ1) is 15.5. The second kappa shape index (κ2) is 5.68. The number of carbonyl (C=O) groups is 2. The number of halogens is 2. The van der Waals surface area contributed by atoms with Crippen molar-refractivity contribution in [2.45, 2.75) is 32.0 Å². The van der Waals surface area contributed by atoms with Crippen molar-refractivity contribution in [1.29, 1.82) is 0 Å². The van der Waals surface area contributed by atoms with E-state index >= 15 is 0 Å². The third-order valence-corrected chi connectivity index (χ3v) is 4.06. The number of alkyl halides is 2. The highest BCUT2D eigenvalue weighted by Gasteiger charge is 2.43. The quantitative estimate of drug-likeness (QED) is 0.892. The van der Waals surface area contributed by atoms with E-state index < -0.39 is 24.1 Å². The Morgan fingerprint density at radius 2 is 1.87 bits per heavy atom. The van der Waals surface area contributed by atoms with E-state index in [2.05, 4.69) is 14.8 Å². The molecule has 1 fully saturated rings. The Labute approximate surface area is 130 Å². The summed E-state index contributed by atoms with van der Waals surface area (Å²) >= 11 is 0. The zero-order valence-corrected chi connectivity index (χ0v) is 12.1. The first-order valence-corrected chi connectivity index (χ1v) is 7.27. The van der Waals surface area contributed by atoms with Crippen molar-refractivity contribution < 1.29 is 33.0 Å². The zero-order chi connectivity index (χ0) is 16.6. The third-order valence-electron chi connectivity index (χ3n) is 4.06. The Kier molecular flexibility index (Phi) is 3.83. The minimum atomic E-state index is -3.71. The van der Waals surface area contributed by atoms with Gasteiger partial charge in [0.2, 0.25) is 5.91 Å². The molecule has 6 nitrogen and oxygen atoms in total. The van der Waals surface area contributed by atoms with E-state index in [1.165, 1.54) is 18.2 Å². The number of amides is 1. The van der Waals surface area contributed by atoms with E-state index in [1.807, 2.05) is 0 Å². The summed E-state index contributed by atoms with van der Waals surface area (Å²) in [4.78, 5) is 23.3. The van der Waals surface area contributed by atoms with Crippen molar-refractivity contribution in [2.75, 3.05) is 5.32 Å². The van der Waals surface area contributed by atoms with Crippen molar-refractivity contribution in [2.24, 2.45) is 11.8 Å². The van der Waals surface area contributed by atoms with Crippen LogP contribution in [0.1, 0.15) is 25.7 Å². The lowest BCUT2D eigenvalue weighted by Gasteiger charge is -2.25. The second-order valence-electron chi connectivity index (χ2n) is 5.72. The molecule has 0 saturated heterocycles. The normalized spacial score (nSPS) is 25.0. The summed E-state index contributed by atoms with van der Waals surface area (Å²) in [6.07, 6.45) is -1.58. The Morgan fingerprint density at radius 3 is 2.61 bits per heavy atom. The van der Waals surface area contributed by atoms with Crippen molar-refractivity contribution in [3.63, 3.8) is 0 Å². The van der Waals surface area contributed by atoms with Crippen LogP contribution < -0.4 is 14.8 Å². The number of hydrogen-bond donors (Lipinski definition) is 2. The molecule has 1 amide bonds. The lowest BCUT2D eigenvalue weighted by atomic mass is 9.81. The average Bonchev–Trinajstić information content (AvgIpc) is 2.80. The third kappa shape index (κ3) is 3.35. The molecule has 124 valence electrons. The van der Waals surface area contributed by atoms with Crippen LogP contribution in [0.3, 0.4) is 0 Å². The lowest BCUT2D eigenvalue weighted by Crippen LogP contribution is -2.30. The molecule has 2 unspecified atom stereocenters. The summed E-state index contributed by atoms with van der Waals surface area (Å²) in [5.74, 6) is -2.39. The number of carboxylic acids is 1. The summed E-state index contributed by atoms with van der Waals surface area (Å²) in [5.41, 5.74) is 0.299. The van der Waals surface area contributed by atoms with Crippen LogP contribution in [-0.2, 0) is 9.59 Å². The predicted octanol–water partition coefficient (Wildman–Crippen LogP) is 2.84. The molecule has 2 N–H and O–H groups in total. The lowest BCUT2D eigenvalue weighted by molar-refractivity contribution is -0.286. The first-order chi connectivity index (χ1) is 10.8. The number of rotatable bonds is 3. The number of benzene rings is 1. The molecule has 1 heterocycles. The number of nitrogens with one attached hydrogen (secondary N) is 1. The van der Waals surface area contributed by atoms with Gasteiger partial charge < -0.3 is 19.9 Å².